The molecular formula is C27H28Cl2N6O. The highest BCUT2D eigenvalue weighted by atomic mass is 35.5. The van der Waals surface area contributed by atoms with E-state index in [-0.39, 0.29) is 18.5 Å². The maximum Gasteiger partial charge on any atom is 0.241 e. The van der Waals surface area contributed by atoms with Crippen molar-refractivity contribution >= 4 is 51.6 Å². The second-order valence-corrected chi connectivity index (χ2v) is 9.89. The summed E-state index contributed by atoms with van der Waals surface area (Å²) in [6.45, 7) is 2.36. The van der Waals surface area contributed by atoms with Gasteiger partial charge in [-0.3, -0.25) is 4.79 Å². The van der Waals surface area contributed by atoms with E-state index >= 15 is 0 Å². The number of hydrogen-bond donors (Lipinski definition) is 2. The zero-order valence-corrected chi connectivity index (χ0v) is 21.3. The van der Waals surface area contributed by atoms with Crippen molar-refractivity contribution in [3.63, 3.8) is 0 Å². The molecule has 0 bridgehead atoms. The average molecular weight is 523 g/mol. The Morgan fingerprint density at radius 3 is 2.72 bits per heavy atom. The fourth-order valence-electron chi connectivity index (χ4n) is 4.82. The van der Waals surface area contributed by atoms with Crippen LogP contribution in [0.25, 0.3) is 11.0 Å². The van der Waals surface area contributed by atoms with E-state index in [0.717, 1.165) is 54.9 Å². The Kier molecular flexibility index (Phi) is 7.58. The molecule has 2 aromatic carbocycles. The van der Waals surface area contributed by atoms with Gasteiger partial charge < -0.3 is 20.1 Å². The third-order valence-electron chi connectivity index (χ3n) is 6.59. The Hall–Kier alpha value is -3.29. The second-order valence-electron chi connectivity index (χ2n) is 9.01. The molecule has 1 fully saturated rings. The lowest BCUT2D eigenvalue weighted by Gasteiger charge is -2.40. The maximum atomic E-state index is 13.1. The summed E-state index contributed by atoms with van der Waals surface area (Å²) in [7, 11) is 0. The minimum absolute atomic E-state index is 0.0493. The number of nitrogens with one attached hydrogen (secondary N) is 2. The average Bonchev–Trinajstić information content (AvgIpc) is 3.37. The number of fused-ring (bicyclic) bond motifs is 1. The van der Waals surface area contributed by atoms with Gasteiger partial charge in [0.25, 0.3) is 0 Å². The van der Waals surface area contributed by atoms with E-state index in [1.54, 1.807) is 24.5 Å². The van der Waals surface area contributed by atoms with Crippen molar-refractivity contribution in [3.05, 3.63) is 82.7 Å². The van der Waals surface area contributed by atoms with E-state index in [2.05, 4.69) is 49.4 Å². The summed E-state index contributed by atoms with van der Waals surface area (Å²) in [6, 6.07) is 17.8. The molecule has 1 aliphatic heterocycles. The van der Waals surface area contributed by atoms with Crippen molar-refractivity contribution in [2.24, 2.45) is 0 Å². The van der Waals surface area contributed by atoms with E-state index in [9.17, 15) is 4.79 Å². The molecule has 9 heteroatoms. The molecule has 5 rings (SSSR count). The molecule has 1 atom stereocenters. The first-order valence-electron chi connectivity index (χ1n) is 12.1. The fourth-order valence-corrected chi connectivity index (χ4v) is 5.35. The van der Waals surface area contributed by atoms with E-state index in [1.807, 2.05) is 23.2 Å². The number of amides is 1. The van der Waals surface area contributed by atoms with Crippen LogP contribution >= 0.6 is 23.2 Å². The lowest BCUT2D eigenvalue weighted by atomic mass is 10.0. The lowest BCUT2D eigenvalue weighted by Crippen LogP contribution is -2.52. The first-order valence-corrected chi connectivity index (χ1v) is 12.9. The van der Waals surface area contributed by atoms with Gasteiger partial charge in [-0.1, -0.05) is 53.5 Å². The van der Waals surface area contributed by atoms with Gasteiger partial charge in [0.05, 0.1) is 11.9 Å². The van der Waals surface area contributed by atoms with Crippen LogP contribution in [0.15, 0.2) is 67.1 Å². The number of carbonyl (C=O) groups is 1. The zero-order valence-electron chi connectivity index (χ0n) is 19.8. The van der Waals surface area contributed by atoms with Gasteiger partial charge in [0.15, 0.2) is 0 Å². The van der Waals surface area contributed by atoms with Gasteiger partial charge in [0.2, 0.25) is 5.91 Å². The predicted molar refractivity (Wildman–Crippen MR) is 146 cm³/mol. The van der Waals surface area contributed by atoms with Gasteiger partial charge >= 0.3 is 0 Å². The summed E-state index contributed by atoms with van der Waals surface area (Å²) in [5.41, 5.74) is 2.82. The molecule has 1 unspecified atom stereocenters. The number of anilines is 2. The van der Waals surface area contributed by atoms with Gasteiger partial charge in [-0.05, 0) is 49.1 Å². The molecule has 36 heavy (non-hydrogen) atoms. The van der Waals surface area contributed by atoms with Crippen molar-refractivity contribution in [1.29, 1.82) is 0 Å². The second kappa shape index (κ2) is 11.2. The summed E-state index contributed by atoms with van der Waals surface area (Å²) < 4.78 is 0. The monoisotopic (exact) mass is 522 g/mol. The molecule has 7 nitrogen and oxygen atoms in total. The van der Waals surface area contributed by atoms with Crippen molar-refractivity contribution in [2.75, 3.05) is 36.4 Å². The van der Waals surface area contributed by atoms with Crippen molar-refractivity contribution < 1.29 is 4.79 Å². The van der Waals surface area contributed by atoms with Gasteiger partial charge in [0, 0.05) is 47.6 Å². The molecule has 2 aromatic heterocycles. The van der Waals surface area contributed by atoms with Crippen molar-refractivity contribution in [2.45, 2.75) is 25.3 Å². The molecule has 1 amide bonds. The highest BCUT2D eigenvalue weighted by molar-refractivity contribution is 6.35. The third-order valence-corrected chi connectivity index (χ3v) is 7.02. The minimum atomic E-state index is 0.0493. The maximum absolute atomic E-state index is 13.1. The van der Waals surface area contributed by atoms with E-state index in [0.29, 0.717) is 16.6 Å². The van der Waals surface area contributed by atoms with Crippen LogP contribution in [0.2, 0.25) is 10.0 Å². The van der Waals surface area contributed by atoms with Crippen molar-refractivity contribution in [3.8, 4) is 0 Å². The number of nitrogens with zero attached hydrogens (tertiary/aromatic N) is 4. The number of aromatic amines is 1. The van der Waals surface area contributed by atoms with Gasteiger partial charge in [0.1, 0.15) is 17.8 Å². The van der Waals surface area contributed by atoms with E-state index in [4.69, 9.17) is 23.2 Å². The molecule has 2 N–H and O–H groups in total. The molecule has 3 heterocycles. The molecule has 4 aromatic rings. The number of halogens is 2. The van der Waals surface area contributed by atoms with Crippen LogP contribution in [0.4, 0.5) is 11.5 Å². The Labute approximate surface area is 220 Å². The van der Waals surface area contributed by atoms with Gasteiger partial charge in [-0.2, -0.15) is 0 Å². The smallest absolute Gasteiger partial charge is 0.241 e. The SMILES string of the molecule is O=C(CNc1cc(Cl)cc(Cl)c1)N1CCCC(N(CCc2ccccc2)c2ncnc3[nH]ccc23)C1. The number of H-pyrrole nitrogens is 1. The number of piperidine rings is 1. The summed E-state index contributed by atoms with van der Waals surface area (Å²) >= 11 is 12.2. The highest BCUT2D eigenvalue weighted by Gasteiger charge is 2.29. The van der Waals surface area contributed by atoms with Crippen LogP contribution in [-0.2, 0) is 11.2 Å². The summed E-state index contributed by atoms with van der Waals surface area (Å²) in [5.74, 6) is 0.955. The highest BCUT2D eigenvalue weighted by Crippen LogP contribution is 2.28. The van der Waals surface area contributed by atoms with Gasteiger partial charge in [-0.15, -0.1) is 0 Å². The summed E-state index contributed by atoms with van der Waals surface area (Å²) in [4.78, 5) is 29.7. The number of rotatable bonds is 8. The zero-order chi connectivity index (χ0) is 24.9. The van der Waals surface area contributed by atoms with Crippen LogP contribution in [-0.4, -0.2) is 58.0 Å². The van der Waals surface area contributed by atoms with Crippen molar-refractivity contribution in [1.82, 2.24) is 19.9 Å². The van der Waals surface area contributed by atoms with Gasteiger partial charge in [-0.25, -0.2) is 9.97 Å². The van der Waals surface area contributed by atoms with Crippen LogP contribution < -0.4 is 10.2 Å². The number of benzene rings is 2. The fraction of sp³-hybridized carbons (Fsp3) is 0.296. The normalized spacial score (nSPS) is 15.7. The van der Waals surface area contributed by atoms with E-state index < -0.39 is 0 Å². The lowest BCUT2D eigenvalue weighted by molar-refractivity contribution is -0.130. The number of aromatic nitrogens is 3. The van der Waals surface area contributed by atoms with E-state index in [1.165, 1.54) is 5.56 Å². The molecular weight excluding hydrogens is 495 g/mol. The Morgan fingerprint density at radius 2 is 1.92 bits per heavy atom. The van der Waals surface area contributed by atoms with Crippen LogP contribution in [0, 0.1) is 0 Å². The number of hydrogen-bond acceptors (Lipinski definition) is 5. The van der Waals surface area contributed by atoms with Crippen LogP contribution in [0.5, 0.6) is 0 Å². The molecule has 0 spiro atoms. The number of likely N-dealkylation sites (tertiary alicyclic amines) is 1. The first kappa shape index (κ1) is 24.4. The molecule has 0 saturated carbocycles. The quantitative estimate of drug-likeness (QED) is 0.323. The van der Waals surface area contributed by atoms with Crippen LogP contribution in [0.3, 0.4) is 0 Å². The molecule has 0 radical (unpaired) electrons. The molecule has 1 aliphatic rings. The predicted octanol–water partition coefficient (Wildman–Crippen LogP) is 5.42. The summed E-state index contributed by atoms with van der Waals surface area (Å²) in [6.07, 6.45) is 6.31. The standard InChI is InChI=1S/C27H28Cl2N6O/c28-20-13-21(29)15-22(14-20)31-16-25(36)34-11-4-7-23(17-34)35(12-9-19-5-2-1-3-6-19)27-24-8-10-30-26(24)32-18-33-27/h1-3,5-6,8,10,13-15,18,23,31H,4,7,9,11-12,16-17H2,(H,30,32,33). The first-order chi connectivity index (χ1) is 17.6. The molecule has 186 valence electrons. The number of carbonyl (C=O) groups excluding carboxylic acids is 1. The Morgan fingerprint density at radius 1 is 1.11 bits per heavy atom. The minimum Gasteiger partial charge on any atom is -0.376 e. The Bertz CT molecular complexity index is 1310. The van der Waals surface area contributed by atoms with Crippen LogP contribution in [0.1, 0.15) is 18.4 Å². The topological polar surface area (TPSA) is 77.2 Å². The summed E-state index contributed by atoms with van der Waals surface area (Å²) in [5, 5.41) is 5.23. The molecule has 1 saturated heterocycles. The third kappa shape index (κ3) is 5.74. The Balaban J connectivity index is 1.32. The largest absolute Gasteiger partial charge is 0.376 e. The molecule has 0 aliphatic carbocycles.